The molecule has 0 aliphatic heterocycles. The monoisotopic (exact) mass is 510 g/mol. The molecule has 2 heterocycles. The first-order valence-corrected chi connectivity index (χ1v) is 8.67. The summed E-state index contributed by atoms with van der Waals surface area (Å²) in [4.78, 5) is 13.6. The summed E-state index contributed by atoms with van der Waals surface area (Å²) in [5.74, 6) is 1.78. The van der Waals surface area contributed by atoms with Crippen LogP contribution in [-0.4, -0.2) is 22.0 Å². The van der Waals surface area contributed by atoms with Gasteiger partial charge in [-0.25, -0.2) is 9.97 Å². The zero-order chi connectivity index (χ0) is 14.9. The van der Waals surface area contributed by atoms with E-state index in [1.807, 2.05) is 13.1 Å². The second kappa shape index (κ2) is 6.65. The number of hydrogen-bond donors (Lipinski definition) is 1. The van der Waals surface area contributed by atoms with E-state index in [0.29, 0.717) is 11.7 Å². The Morgan fingerprint density at radius 1 is 1.25 bits per heavy atom. The van der Waals surface area contributed by atoms with Crippen molar-refractivity contribution in [3.8, 4) is 11.5 Å². The van der Waals surface area contributed by atoms with Gasteiger partial charge in [0, 0.05) is 22.2 Å². The van der Waals surface area contributed by atoms with Gasteiger partial charge in [-0.15, -0.1) is 0 Å². The van der Waals surface area contributed by atoms with Gasteiger partial charge in [0.05, 0.1) is 9.26 Å². The largest absolute Gasteiger partial charge is 0.372 e. The zero-order valence-corrected chi connectivity index (χ0v) is 16.5. The molecule has 0 bridgehead atoms. The SMILES string of the molecule is CNc1nc(-c2ncc(Br)cc2Br)nc(C(C)C)c1I. The lowest BCUT2D eigenvalue weighted by Crippen LogP contribution is -2.07. The predicted octanol–water partition coefficient (Wildman–Crippen LogP) is 4.83. The second-order valence-corrected chi connectivity index (χ2v) is 7.33. The quantitative estimate of drug-likeness (QED) is 0.600. The molecule has 0 amide bonds. The van der Waals surface area contributed by atoms with E-state index in [0.717, 1.165) is 29.7 Å². The van der Waals surface area contributed by atoms with Gasteiger partial charge in [-0.05, 0) is 66.4 Å². The number of nitrogens with one attached hydrogen (secondary N) is 1. The Bertz CT molecular complexity index is 647. The number of aromatic nitrogens is 3. The van der Waals surface area contributed by atoms with E-state index in [-0.39, 0.29) is 0 Å². The van der Waals surface area contributed by atoms with Crippen molar-refractivity contribution in [3.05, 3.63) is 30.5 Å². The summed E-state index contributed by atoms with van der Waals surface area (Å²) < 4.78 is 2.83. The van der Waals surface area contributed by atoms with Crippen molar-refractivity contribution >= 4 is 60.3 Å². The molecule has 7 heteroatoms. The van der Waals surface area contributed by atoms with Crippen LogP contribution in [0.5, 0.6) is 0 Å². The third kappa shape index (κ3) is 3.30. The fourth-order valence-electron chi connectivity index (χ4n) is 1.70. The maximum atomic E-state index is 4.67. The van der Waals surface area contributed by atoms with Crippen LogP contribution in [0.2, 0.25) is 0 Å². The maximum Gasteiger partial charge on any atom is 0.181 e. The summed E-state index contributed by atoms with van der Waals surface area (Å²) in [5, 5.41) is 3.12. The summed E-state index contributed by atoms with van der Waals surface area (Å²) in [6.07, 6.45) is 1.75. The molecule has 2 aromatic rings. The van der Waals surface area contributed by atoms with Crippen LogP contribution in [0.1, 0.15) is 25.5 Å². The maximum absolute atomic E-state index is 4.67. The molecule has 0 aromatic carbocycles. The summed E-state index contributed by atoms with van der Waals surface area (Å²) in [6.45, 7) is 4.25. The molecule has 106 valence electrons. The first-order chi connectivity index (χ1) is 9.43. The van der Waals surface area contributed by atoms with E-state index in [1.165, 1.54) is 0 Å². The van der Waals surface area contributed by atoms with E-state index in [1.54, 1.807) is 6.20 Å². The highest BCUT2D eigenvalue weighted by Crippen LogP contribution is 2.31. The minimum atomic E-state index is 0.324. The third-order valence-electron chi connectivity index (χ3n) is 2.68. The van der Waals surface area contributed by atoms with Crippen LogP contribution in [-0.2, 0) is 0 Å². The van der Waals surface area contributed by atoms with E-state index in [9.17, 15) is 0 Å². The van der Waals surface area contributed by atoms with Crippen molar-refractivity contribution in [2.75, 3.05) is 12.4 Å². The highest BCUT2D eigenvalue weighted by Gasteiger charge is 2.17. The molecule has 0 fully saturated rings. The third-order valence-corrected chi connectivity index (χ3v) is 4.78. The number of anilines is 1. The first-order valence-electron chi connectivity index (χ1n) is 6.00. The zero-order valence-electron chi connectivity index (χ0n) is 11.2. The first kappa shape index (κ1) is 16.1. The Labute approximate surface area is 148 Å². The molecular formula is C13H13Br2IN4. The summed E-state index contributed by atoms with van der Waals surface area (Å²) in [7, 11) is 1.86. The number of pyridine rings is 1. The number of hydrogen-bond acceptors (Lipinski definition) is 4. The molecule has 0 saturated heterocycles. The van der Waals surface area contributed by atoms with Crippen molar-refractivity contribution in [1.29, 1.82) is 0 Å². The van der Waals surface area contributed by atoms with Gasteiger partial charge in [0.25, 0.3) is 0 Å². The minimum Gasteiger partial charge on any atom is -0.372 e. The topological polar surface area (TPSA) is 50.7 Å². The predicted molar refractivity (Wildman–Crippen MR) is 97.0 cm³/mol. The molecular weight excluding hydrogens is 499 g/mol. The second-order valence-electron chi connectivity index (χ2n) is 4.48. The fraction of sp³-hybridized carbons (Fsp3) is 0.308. The molecule has 0 aliphatic rings. The average Bonchev–Trinajstić information content (AvgIpc) is 2.39. The molecule has 0 spiro atoms. The van der Waals surface area contributed by atoms with Crippen LogP contribution < -0.4 is 5.32 Å². The Kier molecular flexibility index (Phi) is 5.36. The van der Waals surface area contributed by atoms with Crippen molar-refractivity contribution in [1.82, 2.24) is 15.0 Å². The summed E-state index contributed by atoms with van der Waals surface area (Å²) >= 11 is 9.19. The Morgan fingerprint density at radius 3 is 2.50 bits per heavy atom. The minimum absolute atomic E-state index is 0.324. The highest BCUT2D eigenvalue weighted by atomic mass is 127. The normalized spacial score (nSPS) is 10.9. The fourth-order valence-corrected chi connectivity index (χ4v) is 4.00. The summed E-state index contributed by atoms with van der Waals surface area (Å²) in [5.41, 5.74) is 1.76. The van der Waals surface area contributed by atoms with Gasteiger partial charge in [0.1, 0.15) is 11.5 Å². The average molecular weight is 512 g/mol. The number of rotatable bonds is 3. The lowest BCUT2D eigenvalue weighted by atomic mass is 10.1. The van der Waals surface area contributed by atoms with Gasteiger partial charge >= 0.3 is 0 Å². The number of nitrogens with zero attached hydrogens (tertiary/aromatic N) is 3. The Balaban J connectivity index is 2.65. The van der Waals surface area contributed by atoms with Crippen molar-refractivity contribution < 1.29 is 0 Å². The molecule has 0 saturated carbocycles. The van der Waals surface area contributed by atoms with Crippen LogP contribution in [0.3, 0.4) is 0 Å². The molecule has 0 atom stereocenters. The van der Waals surface area contributed by atoms with E-state index in [4.69, 9.17) is 0 Å². The molecule has 2 rings (SSSR count). The van der Waals surface area contributed by atoms with Crippen LogP contribution in [0.15, 0.2) is 21.2 Å². The molecule has 1 N–H and O–H groups in total. The van der Waals surface area contributed by atoms with Crippen LogP contribution in [0.4, 0.5) is 5.82 Å². The Hall–Kier alpha value is -0.280. The van der Waals surface area contributed by atoms with Gasteiger partial charge < -0.3 is 5.32 Å². The van der Waals surface area contributed by atoms with Gasteiger partial charge in [-0.3, -0.25) is 4.98 Å². The molecule has 0 aliphatic carbocycles. The van der Waals surface area contributed by atoms with Crippen molar-refractivity contribution in [2.24, 2.45) is 0 Å². The van der Waals surface area contributed by atoms with Gasteiger partial charge in [-0.2, -0.15) is 0 Å². The van der Waals surface area contributed by atoms with Crippen LogP contribution >= 0.6 is 54.5 Å². The Morgan fingerprint density at radius 2 is 1.95 bits per heavy atom. The van der Waals surface area contributed by atoms with Gasteiger partial charge in [0.2, 0.25) is 0 Å². The van der Waals surface area contributed by atoms with Gasteiger partial charge in [-0.1, -0.05) is 13.8 Å². The standard InChI is InChI=1S/C13H13Br2IN4/c1-6(2)10-9(16)12(17-3)20-13(19-10)11-8(15)4-7(14)5-18-11/h4-6H,1-3H3,(H,17,19,20). The van der Waals surface area contributed by atoms with Crippen molar-refractivity contribution in [3.63, 3.8) is 0 Å². The number of halogens is 3. The van der Waals surface area contributed by atoms with E-state index < -0.39 is 0 Å². The molecule has 2 aromatic heterocycles. The molecule has 0 radical (unpaired) electrons. The van der Waals surface area contributed by atoms with Crippen molar-refractivity contribution in [2.45, 2.75) is 19.8 Å². The highest BCUT2D eigenvalue weighted by molar-refractivity contribution is 14.1. The smallest absolute Gasteiger partial charge is 0.181 e. The molecule has 20 heavy (non-hydrogen) atoms. The van der Waals surface area contributed by atoms with Crippen LogP contribution in [0.25, 0.3) is 11.5 Å². The molecule has 4 nitrogen and oxygen atoms in total. The summed E-state index contributed by atoms with van der Waals surface area (Å²) in [6, 6.07) is 1.94. The lowest BCUT2D eigenvalue weighted by molar-refractivity contribution is 0.808. The molecule has 0 unspecified atom stereocenters. The van der Waals surface area contributed by atoms with E-state index in [2.05, 4.69) is 88.6 Å². The van der Waals surface area contributed by atoms with Crippen LogP contribution in [0, 0.1) is 3.57 Å². The van der Waals surface area contributed by atoms with E-state index >= 15 is 0 Å². The van der Waals surface area contributed by atoms with Gasteiger partial charge in [0.15, 0.2) is 5.82 Å². The lowest BCUT2D eigenvalue weighted by Gasteiger charge is -2.13.